The second-order valence-corrected chi connectivity index (χ2v) is 6.35. The summed E-state index contributed by atoms with van der Waals surface area (Å²) in [5.74, 6) is 0.369. The van der Waals surface area contributed by atoms with Crippen LogP contribution in [-0.4, -0.2) is 28.0 Å². The van der Waals surface area contributed by atoms with Gasteiger partial charge in [0.1, 0.15) is 0 Å². The van der Waals surface area contributed by atoms with E-state index in [2.05, 4.69) is 36.4 Å². The Bertz CT molecular complexity index is 741. The van der Waals surface area contributed by atoms with Gasteiger partial charge in [0, 0.05) is 16.2 Å². The van der Waals surface area contributed by atoms with E-state index in [1.54, 1.807) is 12.4 Å². The van der Waals surface area contributed by atoms with Crippen LogP contribution in [-0.2, 0) is 4.79 Å². The highest BCUT2D eigenvalue weighted by molar-refractivity contribution is 9.10. The number of benzene rings is 1. The van der Waals surface area contributed by atoms with Crippen LogP contribution in [0.15, 0.2) is 57.3 Å². The molecule has 0 bridgehead atoms. The van der Waals surface area contributed by atoms with E-state index >= 15 is 0 Å². The summed E-state index contributed by atoms with van der Waals surface area (Å²) >= 11 is 4.72. The maximum Gasteiger partial charge on any atom is 0.236 e. The van der Waals surface area contributed by atoms with Gasteiger partial charge in [-0.1, -0.05) is 36.0 Å². The number of carbonyl (C=O) groups is 1. The highest BCUT2D eigenvalue weighted by Gasteiger charge is 2.15. The zero-order valence-corrected chi connectivity index (χ0v) is 13.8. The average molecular weight is 375 g/mol. The lowest BCUT2D eigenvalue weighted by atomic mass is 10.1. The van der Waals surface area contributed by atoms with Gasteiger partial charge in [-0.25, -0.2) is 0 Å². The summed E-state index contributed by atoms with van der Waals surface area (Å²) in [5, 5.41) is 11.1. The van der Waals surface area contributed by atoms with E-state index in [4.69, 9.17) is 0 Å². The lowest BCUT2D eigenvalue weighted by Gasteiger charge is -2.01. The predicted molar refractivity (Wildman–Crippen MR) is 93.0 cm³/mol. The minimum atomic E-state index is -0.0368. The quantitative estimate of drug-likeness (QED) is 0.662. The first-order valence-electron chi connectivity index (χ1n) is 6.46. The third kappa shape index (κ3) is 3.80. The van der Waals surface area contributed by atoms with Crippen molar-refractivity contribution >= 4 is 45.0 Å². The van der Waals surface area contributed by atoms with E-state index in [-0.39, 0.29) is 5.91 Å². The Kier molecular flexibility index (Phi) is 4.65. The van der Waals surface area contributed by atoms with Crippen molar-refractivity contribution in [1.82, 2.24) is 10.3 Å². The molecule has 0 saturated carbocycles. The Morgan fingerprint density at radius 1 is 1.23 bits per heavy atom. The Labute approximate surface area is 140 Å². The number of hydrogen-bond donors (Lipinski definition) is 1. The molecule has 1 aliphatic rings. The number of amides is 1. The molecule has 1 aliphatic heterocycles. The Morgan fingerprint density at radius 3 is 2.68 bits per heavy atom. The van der Waals surface area contributed by atoms with Gasteiger partial charge in [-0.2, -0.15) is 5.10 Å². The molecule has 0 aliphatic carbocycles. The number of aromatic nitrogens is 1. The molecular weight excluding hydrogens is 364 g/mol. The van der Waals surface area contributed by atoms with Gasteiger partial charge in [0.15, 0.2) is 5.17 Å². The summed E-state index contributed by atoms with van der Waals surface area (Å²) in [7, 11) is 0. The summed E-state index contributed by atoms with van der Waals surface area (Å²) in [6.45, 7) is 0. The third-order valence-corrected chi connectivity index (χ3v) is 4.21. The Hall–Kier alpha value is -1.99. The van der Waals surface area contributed by atoms with Crippen molar-refractivity contribution in [2.75, 3.05) is 5.75 Å². The van der Waals surface area contributed by atoms with Crippen LogP contribution in [0.3, 0.4) is 0 Å². The number of pyridine rings is 1. The number of nitrogens with zero attached hydrogens (tertiary/aromatic N) is 3. The standard InChI is InChI=1S/C15H11BrN4OS/c16-12-5-6-13(17-8-12)11-3-1-10(2-4-11)7-18-20-15-19-14(21)9-22-15/h1-8H,9H2,(H,19,20,21). The van der Waals surface area contributed by atoms with Gasteiger partial charge in [0.25, 0.3) is 0 Å². The molecule has 0 atom stereocenters. The van der Waals surface area contributed by atoms with Crippen molar-refractivity contribution in [3.8, 4) is 11.3 Å². The molecule has 22 heavy (non-hydrogen) atoms. The van der Waals surface area contributed by atoms with E-state index in [1.165, 1.54) is 11.8 Å². The van der Waals surface area contributed by atoms with Crippen LogP contribution in [0.25, 0.3) is 11.3 Å². The first kappa shape index (κ1) is 14.9. The average Bonchev–Trinajstić information content (AvgIpc) is 2.94. The molecule has 2 aromatic rings. The molecule has 1 aromatic carbocycles. The largest absolute Gasteiger partial charge is 0.303 e. The van der Waals surface area contributed by atoms with Crippen LogP contribution in [0.1, 0.15) is 5.56 Å². The number of thioether (sulfide) groups is 1. The zero-order chi connectivity index (χ0) is 15.4. The highest BCUT2D eigenvalue weighted by atomic mass is 79.9. The van der Waals surface area contributed by atoms with Crippen LogP contribution in [0.4, 0.5) is 0 Å². The fourth-order valence-electron chi connectivity index (χ4n) is 1.81. The molecule has 2 heterocycles. The Balaban J connectivity index is 1.69. The van der Waals surface area contributed by atoms with Gasteiger partial charge in [-0.05, 0) is 33.6 Å². The van der Waals surface area contributed by atoms with Gasteiger partial charge in [-0.15, -0.1) is 5.10 Å². The topological polar surface area (TPSA) is 66.7 Å². The molecule has 1 saturated heterocycles. The lowest BCUT2D eigenvalue weighted by molar-refractivity contribution is -0.116. The Morgan fingerprint density at radius 2 is 2.05 bits per heavy atom. The van der Waals surface area contributed by atoms with Gasteiger partial charge in [0.05, 0.1) is 17.7 Å². The molecule has 7 heteroatoms. The lowest BCUT2D eigenvalue weighted by Crippen LogP contribution is -2.19. The normalized spacial score (nSPS) is 16.4. The van der Waals surface area contributed by atoms with Crippen LogP contribution >= 0.6 is 27.7 Å². The second kappa shape index (κ2) is 6.85. The molecule has 1 fully saturated rings. The number of nitrogens with one attached hydrogen (secondary N) is 1. The molecule has 1 aromatic heterocycles. The van der Waals surface area contributed by atoms with Crippen LogP contribution in [0.2, 0.25) is 0 Å². The number of halogens is 1. The van der Waals surface area contributed by atoms with Gasteiger partial charge in [-0.3, -0.25) is 9.78 Å². The summed E-state index contributed by atoms with van der Waals surface area (Å²) in [6, 6.07) is 11.8. The number of rotatable bonds is 3. The second-order valence-electron chi connectivity index (χ2n) is 4.47. The fourth-order valence-corrected chi connectivity index (χ4v) is 2.68. The van der Waals surface area contributed by atoms with Crippen LogP contribution < -0.4 is 5.32 Å². The highest BCUT2D eigenvalue weighted by Crippen LogP contribution is 2.19. The van der Waals surface area contributed by atoms with Gasteiger partial charge >= 0.3 is 0 Å². The molecule has 3 rings (SSSR count). The van der Waals surface area contributed by atoms with E-state index < -0.39 is 0 Å². The van der Waals surface area contributed by atoms with Crippen LogP contribution in [0.5, 0.6) is 0 Å². The molecular formula is C15H11BrN4OS. The minimum Gasteiger partial charge on any atom is -0.303 e. The molecule has 110 valence electrons. The fraction of sp³-hybridized carbons (Fsp3) is 0.0667. The first-order valence-corrected chi connectivity index (χ1v) is 8.24. The number of amidine groups is 1. The molecule has 5 nitrogen and oxygen atoms in total. The van der Waals surface area contributed by atoms with E-state index in [0.29, 0.717) is 10.9 Å². The van der Waals surface area contributed by atoms with E-state index in [9.17, 15) is 4.79 Å². The minimum absolute atomic E-state index is 0.0368. The van der Waals surface area contributed by atoms with E-state index in [0.717, 1.165) is 21.3 Å². The number of carbonyl (C=O) groups excluding carboxylic acids is 1. The summed E-state index contributed by atoms with van der Waals surface area (Å²) in [4.78, 5) is 15.4. The maximum absolute atomic E-state index is 11.0. The SMILES string of the molecule is O=C1CSC(=NN=Cc2ccc(-c3ccc(Br)cn3)cc2)N1. The van der Waals surface area contributed by atoms with Crippen LogP contribution in [0, 0.1) is 0 Å². The zero-order valence-electron chi connectivity index (χ0n) is 11.4. The molecule has 0 spiro atoms. The molecule has 1 N–H and O–H groups in total. The van der Waals surface area contributed by atoms with Crippen molar-refractivity contribution in [2.24, 2.45) is 10.2 Å². The first-order chi connectivity index (χ1) is 10.7. The molecule has 1 amide bonds. The smallest absolute Gasteiger partial charge is 0.236 e. The van der Waals surface area contributed by atoms with Crippen molar-refractivity contribution in [1.29, 1.82) is 0 Å². The van der Waals surface area contributed by atoms with Crippen molar-refractivity contribution in [3.63, 3.8) is 0 Å². The predicted octanol–water partition coefficient (Wildman–Crippen LogP) is 3.06. The molecule has 0 radical (unpaired) electrons. The maximum atomic E-state index is 11.0. The third-order valence-electron chi connectivity index (χ3n) is 2.88. The summed E-state index contributed by atoms with van der Waals surface area (Å²) in [6.07, 6.45) is 3.42. The van der Waals surface area contributed by atoms with Gasteiger partial charge in [0.2, 0.25) is 5.91 Å². The number of hydrogen-bond acceptors (Lipinski definition) is 5. The summed E-state index contributed by atoms with van der Waals surface area (Å²) < 4.78 is 0.955. The van der Waals surface area contributed by atoms with Crippen molar-refractivity contribution in [2.45, 2.75) is 0 Å². The van der Waals surface area contributed by atoms with Crippen molar-refractivity contribution in [3.05, 3.63) is 52.6 Å². The van der Waals surface area contributed by atoms with Gasteiger partial charge < -0.3 is 5.32 Å². The van der Waals surface area contributed by atoms with E-state index in [1.807, 2.05) is 36.4 Å². The van der Waals surface area contributed by atoms with Crippen molar-refractivity contribution < 1.29 is 4.79 Å². The monoisotopic (exact) mass is 374 g/mol. The molecule has 0 unspecified atom stereocenters. The summed E-state index contributed by atoms with van der Waals surface area (Å²) in [5.41, 5.74) is 2.88.